The zero-order valence-corrected chi connectivity index (χ0v) is 18.1. The Balaban J connectivity index is 1.71. The lowest BCUT2D eigenvalue weighted by atomic mass is 10.0. The Hall–Kier alpha value is -1.64. The van der Waals surface area contributed by atoms with E-state index in [-0.39, 0.29) is 28.8 Å². The Morgan fingerprint density at radius 2 is 1.75 bits per heavy atom. The molecule has 2 aromatic carbocycles. The highest BCUT2D eigenvalue weighted by Gasteiger charge is 2.35. The van der Waals surface area contributed by atoms with E-state index < -0.39 is 6.29 Å². The van der Waals surface area contributed by atoms with Crippen molar-refractivity contribution in [1.82, 2.24) is 4.90 Å². The van der Waals surface area contributed by atoms with Crippen molar-refractivity contribution in [3.8, 4) is 0 Å². The maximum atomic E-state index is 12.9. The quantitative estimate of drug-likeness (QED) is 0.473. The summed E-state index contributed by atoms with van der Waals surface area (Å²) in [5.74, 6) is 0. The van der Waals surface area contributed by atoms with Crippen molar-refractivity contribution in [2.24, 2.45) is 0 Å². The summed E-state index contributed by atoms with van der Waals surface area (Å²) in [6, 6.07) is 19.2. The monoisotopic (exact) mass is 495 g/mol. The van der Waals surface area contributed by atoms with Gasteiger partial charge >= 0.3 is 6.09 Å². The van der Waals surface area contributed by atoms with Crippen LogP contribution in [0.3, 0.4) is 0 Å². The van der Waals surface area contributed by atoms with Crippen LogP contribution in [0.4, 0.5) is 4.79 Å². The van der Waals surface area contributed by atoms with E-state index in [0.717, 1.165) is 24.0 Å². The minimum Gasteiger partial charge on any atom is -0.445 e. The van der Waals surface area contributed by atoms with Crippen LogP contribution in [0.25, 0.3) is 0 Å². The number of benzene rings is 2. The lowest BCUT2D eigenvalue weighted by molar-refractivity contribution is -0.171. The molecule has 1 N–H and O–H groups in total. The second-order valence-electron chi connectivity index (χ2n) is 7.05. The van der Waals surface area contributed by atoms with Gasteiger partial charge in [0.1, 0.15) is 6.61 Å². The number of ether oxygens (including phenoxy) is 2. The molecule has 0 saturated carbocycles. The highest BCUT2D eigenvalue weighted by molar-refractivity contribution is 14.1. The molecule has 1 aliphatic rings. The van der Waals surface area contributed by atoms with E-state index in [2.05, 4.69) is 22.6 Å². The van der Waals surface area contributed by atoms with Crippen molar-refractivity contribution in [3.63, 3.8) is 0 Å². The number of aliphatic hydroxyl groups is 1. The third-order valence-electron chi connectivity index (χ3n) is 5.02. The van der Waals surface area contributed by atoms with Crippen molar-refractivity contribution in [1.29, 1.82) is 0 Å². The topological polar surface area (TPSA) is 59.0 Å². The first-order valence-electron chi connectivity index (χ1n) is 9.53. The molecule has 0 aromatic heterocycles. The number of hydrogen-bond donors (Lipinski definition) is 1. The lowest BCUT2D eigenvalue weighted by Crippen LogP contribution is -2.50. The minimum absolute atomic E-state index is 0.0775. The number of alkyl halides is 1. The van der Waals surface area contributed by atoms with Crippen molar-refractivity contribution in [3.05, 3.63) is 71.8 Å². The van der Waals surface area contributed by atoms with Crippen LogP contribution >= 0.6 is 22.6 Å². The van der Waals surface area contributed by atoms with E-state index in [0.29, 0.717) is 6.54 Å². The van der Waals surface area contributed by atoms with E-state index >= 15 is 0 Å². The summed E-state index contributed by atoms with van der Waals surface area (Å²) >= 11 is 2.21. The molecule has 1 fully saturated rings. The van der Waals surface area contributed by atoms with Gasteiger partial charge < -0.3 is 14.6 Å². The number of rotatable bonds is 6. The molecule has 28 heavy (non-hydrogen) atoms. The number of hydrogen-bond acceptors (Lipinski definition) is 4. The Bertz CT molecular complexity index is 743. The van der Waals surface area contributed by atoms with Crippen LogP contribution in [0.15, 0.2) is 60.7 Å². The van der Waals surface area contributed by atoms with Crippen LogP contribution in [0, 0.1) is 0 Å². The molecule has 0 radical (unpaired) electrons. The summed E-state index contributed by atoms with van der Waals surface area (Å²) in [5.41, 5.74) is 1.97. The van der Waals surface area contributed by atoms with Crippen molar-refractivity contribution in [2.75, 3.05) is 0 Å². The van der Waals surface area contributed by atoms with Gasteiger partial charge in [0.25, 0.3) is 0 Å². The predicted molar refractivity (Wildman–Crippen MR) is 116 cm³/mol. The van der Waals surface area contributed by atoms with Crippen molar-refractivity contribution >= 4 is 28.7 Å². The fourth-order valence-corrected chi connectivity index (χ4v) is 3.84. The third-order valence-corrected chi connectivity index (χ3v) is 6.25. The van der Waals surface area contributed by atoms with E-state index in [1.54, 1.807) is 4.90 Å². The minimum atomic E-state index is -0.805. The van der Waals surface area contributed by atoms with Crippen LogP contribution in [-0.4, -0.2) is 38.5 Å². The summed E-state index contributed by atoms with van der Waals surface area (Å²) in [4.78, 5) is 14.6. The molecule has 1 amide bonds. The number of halogens is 1. The highest BCUT2D eigenvalue weighted by Crippen LogP contribution is 2.28. The highest BCUT2D eigenvalue weighted by atomic mass is 127. The molecule has 3 rings (SSSR count). The summed E-state index contributed by atoms with van der Waals surface area (Å²) in [6.45, 7) is 2.61. The van der Waals surface area contributed by atoms with Crippen LogP contribution in [0.1, 0.15) is 30.9 Å². The first-order chi connectivity index (χ1) is 13.5. The number of carbonyl (C=O) groups excluding carboxylic acids is 1. The Kier molecular flexibility index (Phi) is 7.70. The number of aliphatic hydroxyl groups excluding tert-OH is 1. The van der Waals surface area contributed by atoms with Gasteiger partial charge in [0.15, 0.2) is 6.29 Å². The second-order valence-corrected chi connectivity index (χ2v) is 8.65. The number of nitrogens with zero attached hydrogens (tertiary/aromatic N) is 1. The molecule has 4 atom stereocenters. The van der Waals surface area contributed by atoms with Crippen LogP contribution in [0.5, 0.6) is 0 Å². The van der Waals surface area contributed by atoms with Gasteiger partial charge in [0, 0.05) is 6.54 Å². The van der Waals surface area contributed by atoms with E-state index in [1.165, 1.54) is 0 Å². The predicted octanol–water partition coefficient (Wildman–Crippen LogP) is 4.51. The normalized spacial score (nSPS) is 23.0. The van der Waals surface area contributed by atoms with Gasteiger partial charge in [-0.3, -0.25) is 4.90 Å². The van der Waals surface area contributed by atoms with E-state index in [9.17, 15) is 9.90 Å². The fraction of sp³-hybridized carbons (Fsp3) is 0.409. The molecule has 0 spiro atoms. The van der Waals surface area contributed by atoms with Crippen molar-refractivity contribution < 1.29 is 19.4 Å². The van der Waals surface area contributed by atoms with Gasteiger partial charge in [0.2, 0.25) is 0 Å². The summed E-state index contributed by atoms with van der Waals surface area (Å²) in [6.07, 6.45) is 0.238. The molecule has 5 nitrogen and oxygen atoms in total. The average Bonchev–Trinajstić information content (AvgIpc) is 2.73. The maximum absolute atomic E-state index is 12.9. The van der Waals surface area contributed by atoms with Crippen LogP contribution in [-0.2, 0) is 22.6 Å². The Morgan fingerprint density at radius 3 is 2.36 bits per heavy atom. The van der Waals surface area contributed by atoms with E-state index in [1.807, 2.05) is 67.6 Å². The SMILES string of the molecule is C[C@H]([C@@H]1CC[C@H](I)[C@@H](O)O1)N(Cc1ccccc1)C(=O)OCc1ccccc1. The molecule has 1 saturated heterocycles. The molecular formula is C22H26INO4. The second kappa shape index (κ2) is 10.2. The van der Waals surface area contributed by atoms with Gasteiger partial charge in [0.05, 0.1) is 16.1 Å². The van der Waals surface area contributed by atoms with Crippen LogP contribution < -0.4 is 0 Å². The van der Waals surface area contributed by atoms with Gasteiger partial charge in [-0.2, -0.15) is 0 Å². The molecule has 2 aromatic rings. The zero-order valence-electron chi connectivity index (χ0n) is 15.9. The van der Waals surface area contributed by atoms with Gasteiger partial charge in [-0.25, -0.2) is 4.79 Å². The van der Waals surface area contributed by atoms with Gasteiger partial charge in [-0.15, -0.1) is 0 Å². The Morgan fingerprint density at radius 1 is 1.14 bits per heavy atom. The molecule has 0 bridgehead atoms. The van der Waals surface area contributed by atoms with E-state index in [4.69, 9.17) is 9.47 Å². The van der Waals surface area contributed by atoms with Gasteiger partial charge in [-0.05, 0) is 30.9 Å². The number of amides is 1. The molecule has 0 aliphatic carbocycles. The van der Waals surface area contributed by atoms with Gasteiger partial charge in [-0.1, -0.05) is 83.3 Å². The molecule has 0 unspecified atom stereocenters. The largest absolute Gasteiger partial charge is 0.445 e. The Labute approximate surface area is 179 Å². The maximum Gasteiger partial charge on any atom is 0.410 e. The molecule has 150 valence electrons. The third kappa shape index (κ3) is 5.68. The van der Waals surface area contributed by atoms with Crippen LogP contribution in [0.2, 0.25) is 0 Å². The summed E-state index contributed by atoms with van der Waals surface area (Å²) < 4.78 is 11.5. The fourth-order valence-electron chi connectivity index (χ4n) is 3.31. The molecule has 1 aliphatic heterocycles. The summed E-state index contributed by atoms with van der Waals surface area (Å²) in [5, 5.41) is 10.1. The smallest absolute Gasteiger partial charge is 0.410 e. The number of carbonyl (C=O) groups is 1. The molecule has 1 heterocycles. The van der Waals surface area contributed by atoms with Crippen molar-refractivity contribution in [2.45, 2.75) is 55.3 Å². The lowest BCUT2D eigenvalue weighted by Gasteiger charge is -2.38. The first kappa shape index (κ1) is 21.1. The molecular weight excluding hydrogens is 469 g/mol. The molecule has 6 heteroatoms. The average molecular weight is 495 g/mol. The zero-order chi connectivity index (χ0) is 19.9. The standard InChI is InChI=1S/C22H26INO4/c1-16(20-13-12-19(23)21(25)28-20)24(14-17-8-4-2-5-9-17)22(26)27-15-18-10-6-3-7-11-18/h2-11,16,19-21,25H,12-15H2,1H3/t16-,19+,20+,21+/m1/s1. The first-order valence-corrected chi connectivity index (χ1v) is 10.8. The summed E-state index contributed by atoms with van der Waals surface area (Å²) in [7, 11) is 0.